The summed E-state index contributed by atoms with van der Waals surface area (Å²) in [6.45, 7) is 5.32. The van der Waals surface area contributed by atoms with E-state index >= 15 is 0 Å². The smallest absolute Gasteiger partial charge is 0.321 e. The molecule has 1 saturated heterocycles. The number of carboxylic acids is 1. The van der Waals surface area contributed by atoms with Crippen molar-refractivity contribution in [3.05, 3.63) is 65.7 Å². The van der Waals surface area contributed by atoms with Gasteiger partial charge in [0.05, 0.1) is 0 Å². The van der Waals surface area contributed by atoms with Crippen LogP contribution in [0.15, 0.2) is 54.6 Å². The first-order valence-electron chi connectivity index (χ1n) is 8.46. The molecule has 1 aliphatic rings. The van der Waals surface area contributed by atoms with Crippen LogP contribution in [0.1, 0.15) is 11.1 Å². The summed E-state index contributed by atoms with van der Waals surface area (Å²) in [6, 6.07) is 18.0. The largest absolute Gasteiger partial charge is 0.480 e. The molecule has 4 heteroatoms. The minimum atomic E-state index is -0.733. The molecule has 0 amide bonds. The van der Waals surface area contributed by atoms with Crippen LogP contribution in [0.3, 0.4) is 0 Å². The van der Waals surface area contributed by atoms with Crippen LogP contribution in [0.2, 0.25) is 0 Å². The zero-order chi connectivity index (χ0) is 16.9. The average Bonchev–Trinajstić information content (AvgIpc) is 2.62. The maximum absolute atomic E-state index is 11.8. The first kappa shape index (κ1) is 16.5. The molecule has 2 aromatic rings. The second kappa shape index (κ2) is 7.49. The van der Waals surface area contributed by atoms with Crippen molar-refractivity contribution < 1.29 is 9.90 Å². The Bertz CT molecular complexity index is 662. The Morgan fingerprint density at radius 2 is 1.62 bits per heavy atom. The van der Waals surface area contributed by atoms with Crippen molar-refractivity contribution in [1.82, 2.24) is 4.90 Å². The Kier molecular flexibility index (Phi) is 5.16. The fourth-order valence-corrected chi connectivity index (χ4v) is 3.25. The molecule has 0 aromatic heterocycles. The van der Waals surface area contributed by atoms with Gasteiger partial charge in [-0.05, 0) is 31.0 Å². The molecule has 126 valence electrons. The summed E-state index contributed by atoms with van der Waals surface area (Å²) in [5, 5.41) is 9.67. The molecule has 1 atom stereocenters. The van der Waals surface area contributed by atoms with Gasteiger partial charge in [-0.15, -0.1) is 0 Å². The highest BCUT2D eigenvalue weighted by Gasteiger charge is 2.29. The molecule has 1 N–H and O–H groups in total. The zero-order valence-electron chi connectivity index (χ0n) is 14.1. The lowest BCUT2D eigenvalue weighted by molar-refractivity contribution is -0.143. The van der Waals surface area contributed by atoms with Crippen LogP contribution in [0.4, 0.5) is 5.69 Å². The third kappa shape index (κ3) is 3.95. The molecule has 0 aliphatic carbocycles. The molecular weight excluding hydrogens is 300 g/mol. The van der Waals surface area contributed by atoms with Gasteiger partial charge in [0, 0.05) is 31.9 Å². The van der Waals surface area contributed by atoms with Crippen molar-refractivity contribution in [2.45, 2.75) is 19.4 Å². The van der Waals surface area contributed by atoms with E-state index in [2.05, 4.69) is 21.9 Å². The molecule has 2 aromatic carbocycles. The summed E-state index contributed by atoms with van der Waals surface area (Å²) in [5.41, 5.74) is 3.49. The van der Waals surface area contributed by atoms with E-state index in [-0.39, 0.29) is 0 Å². The van der Waals surface area contributed by atoms with Crippen molar-refractivity contribution in [3.8, 4) is 0 Å². The number of benzene rings is 2. The van der Waals surface area contributed by atoms with Crippen LogP contribution >= 0.6 is 0 Å². The van der Waals surface area contributed by atoms with Gasteiger partial charge in [0.2, 0.25) is 0 Å². The summed E-state index contributed by atoms with van der Waals surface area (Å²) in [7, 11) is 0. The van der Waals surface area contributed by atoms with E-state index in [1.807, 2.05) is 49.4 Å². The Labute approximate surface area is 143 Å². The Morgan fingerprint density at radius 3 is 2.21 bits per heavy atom. The van der Waals surface area contributed by atoms with E-state index in [0.29, 0.717) is 6.42 Å². The number of carboxylic acid groups (broad SMARTS) is 1. The number of aryl methyl sites for hydroxylation is 1. The summed E-state index contributed by atoms with van der Waals surface area (Å²) in [4.78, 5) is 16.2. The lowest BCUT2D eigenvalue weighted by atomic mass is 10.0. The predicted octanol–water partition coefficient (Wildman–Crippen LogP) is 2.81. The Hall–Kier alpha value is -2.33. The first-order chi connectivity index (χ1) is 11.6. The van der Waals surface area contributed by atoms with Gasteiger partial charge in [0.25, 0.3) is 0 Å². The molecule has 0 saturated carbocycles. The van der Waals surface area contributed by atoms with E-state index in [1.54, 1.807) is 0 Å². The average molecular weight is 324 g/mol. The maximum atomic E-state index is 11.8. The van der Waals surface area contributed by atoms with E-state index < -0.39 is 12.0 Å². The molecule has 24 heavy (non-hydrogen) atoms. The fourth-order valence-electron chi connectivity index (χ4n) is 3.25. The number of carbonyl (C=O) groups is 1. The topological polar surface area (TPSA) is 43.8 Å². The highest BCUT2D eigenvalue weighted by Crippen LogP contribution is 2.18. The zero-order valence-corrected chi connectivity index (χ0v) is 14.1. The van der Waals surface area contributed by atoms with Crippen molar-refractivity contribution in [2.75, 3.05) is 31.1 Å². The van der Waals surface area contributed by atoms with Gasteiger partial charge in [0.15, 0.2) is 0 Å². The third-order valence-corrected chi connectivity index (χ3v) is 4.71. The molecule has 1 fully saturated rings. The summed E-state index contributed by atoms with van der Waals surface area (Å²) in [5.74, 6) is -0.733. The fraction of sp³-hybridized carbons (Fsp3) is 0.350. The molecule has 4 nitrogen and oxygen atoms in total. The van der Waals surface area contributed by atoms with Gasteiger partial charge in [-0.25, -0.2) is 0 Å². The third-order valence-electron chi connectivity index (χ3n) is 4.71. The number of rotatable bonds is 5. The van der Waals surface area contributed by atoms with E-state index in [9.17, 15) is 9.90 Å². The Balaban J connectivity index is 1.63. The monoisotopic (exact) mass is 324 g/mol. The second-order valence-corrected chi connectivity index (χ2v) is 6.40. The van der Waals surface area contributed by atoms with Crippen molar-refractivity contribution in [1.29, 1.82) is 0 Å². The molecule has 0 spiro atoms. The molecule has 1 aliphatic heterocycles. The number of aliphatic carboxylic acids is 1. The van der Waals surface area contributed by atoms with E-state index in [4.69, 9.17) is 0 Å². The lowest BCUT2D eigenvalue weighted by Crippen LogP contribution is -2.53. The summed E-state index contributed by atoms with van der Waals surface area (Å²) >= 11 is 0. The van der Waals surface area contributed by atoms with Crippen LogP contribution in [-0.4, -0.2) is 48.2 Å². The van der Waals surface area contributed by atoms with Gasteiger partial charge in [0.1, 0.15) is 6.04 Å². The number of nitrogens with zero attached hydrogens (tertiary/aromatic N) is 2. The second-order valence-electron chi connectivity index (χ2n) is 6.40. The van der Waals surface area contributed by atoms with Crippen LogP contribution in [-0.2, 0) is 11.2 Å². The highest BCUT2D eigenvalue weighted by molar-refractivity contribution is 5.74. The van der Waals surface area contributed by atoms with Gasteiger partial charge in [-0.1, -0.05) is 48.0 Å². The quantitative estimate of drug-likeness (QED) is 0.918. The number of piperazine rings is 1. The first-order valence-corrected chi connectivity index (χ1v) is 8.46. The normalized spacial score (nSPS) is 16.8. The minimum Gasteiger partial charge on any atom is -0.480 e. The minimum absolute atomic E-state index is 0.453. The maximum Gasteiger partial charge on any atom is 0.321 e. The lowest BCUT2D eigenvalue weighted by Gasteiger charge is -2.38. The van der Waals surface area contributed by atoms with Gasteiger partial charge < -0.3 is 10.0 Å². The van der Waals surface area contributed by atoms with Crippen LogP contribution in [0.25, 0.3) is 0 Å². The molecular formula is C20H24N2O2. The molecule has 3 rings (SSSR count). The predicted molar refractivity (Wildman–Crippen MR) is 96.5 cm³/mol. The van der Waals surface area contributed by atoms with E-state index in [0.717, 1.165) is 31.7 Å². The molecule has 0 unspecified atom stereocenters. The summed E-state index contributed by atoms with van der Waals surface area (Å²) in [6.07, 6.45) is 0.556. The van der Waals surface area contributed by atoms with E-state index in [1.165, 1.54) is 11.3 Å². The van der Waals surface area contributed by atoms with Gasteiger partial charge >= 0.3 is 5.97 Å². The summed E-state index contributed by atoms with van der Waals surface area (Å²) < 4.78 is 0. The number of para-hydroxylation sites is 1. The molecule has 0 radical (unpaired) electrons. The Morgan fingerprint density at radius 1 is 1.00 bits per heavy atom. The standard InChI is InChI=1S/C20H24N2O2/c1-16-7-9-17(10-8-16)15-19(20(23)24)22-13-11-21(12-14-22)18-5-3-2-4-6-18/h2-10,19H,11-15H2,1H3,(H,23,24)/t19-/m1/s1. The van der Waals surface area contributed by atoms with Crippen molar-refractivity contribution in [3.63, 3.8) is 0 Å². The molecule has 1 heterocycles. The number of hydrogen-bond acceptors (Lipinski definition) is 3. The highest BCUT2D eigenvalue weighted by atomic mass is 16.4. The SMILES string of the molecule is Cc1ccc(C[C@H](C(=O)O)N2CCN(c3ccccc3)CC2)cc1. The number of anilines is 1. The number of hydrogen-bond donors (Lipinski definition) is 1. The van der Waals surface area contributed by atoms with Crippen molar-refractivity contribution >= 4 is 11.7 Å². The van der Waals surface area contributed by atoms with Gasteiger partial charge in [-0.3, -0.25) is 9.69 Å². The van der Waals surface area contributed by atoms with Crippen LogP contribution in [0.5, 0.6) is 0 Å². The van der Waals surface area contributed by atoms with Crippen molar-refractivity contribution in [2.24, 2.45) is 0 Å². The van der Waals surface area contributed by atoms with Gasteiger partial charge in [-0.2, -0.15) is 0 Å². The molecule has 0 bridgehead atoms. The van der Waals surface area contributed by atoms with Crippen LogP contribution < -0.4 is 4.90 Å². The van der Waals surface area contributed by atoms with Crippen LogP contribution in [0, 0.1) is 6.92 Å².